The summed E-state index contributed by atoms with van der Waals surface area (Å²) in [5.41, 5.74) is -1.71. The van der Waals surface area contributed by atoms with Gasteiger partial charge in [-0.2, -0.15) is 0 Å². The first kappa shape index (κ1) is 22.8. The molecule has 0 spiro atoms. The van der Waals surface area contributed by atoms with Crippen molar-refractivity contribution < 1.29 is 45.4 Å². The molecule has 10 heteroatoms. The van der Waals surface area contributed by atoms with Crippen LogP contribution in [0.2, 0.25) is 0 Å². The largest absolute Gasteiger partial charge is 0.422 e. The normalized spacial score (nSPS) is 10.9. The highest BCUT2D eigenvalue weighted by Crippen LogP contribution is 2.33. The third-order valence-corrected chi connectivity index (χ3v) is 4.76. The first-order valence-electron chi connectivity index (χ1n) is 9.42. The molecule has 0 radical (unpaired) electrons. The molecule has 0 atom stereocenters. The van der Waals surface area contributed by atoms with E-state index in [9.17, 15) is 35.9 Å². The van der Waals surface area contributed by atoms with E-state index in [0.717, 1.165) is 0 Å². The Morgan fingerprint density at radius 3 is 1.26 bits per heavy atom. The van der Waals surface area contributed by atoms with E-state index in [1.54, 1.807) is 0 Å². The molecule has 34 heavy (non-hydrogen) atoms. The number of fused-ring (bicyclic) bond motifs is 1. The third-order valence-electron chi connectivity index (χ3n) is 4.76. The van der Waals surface area contributed by atoms with Crippen molar-refractivity contribution >= 4 is 22.7 Å². The molecule has 4 rings (SSSR count). The van der Waals surface area contributed by atoms with Crippen LogP contribution in [0.15, 0.2) is 60.7 Å². The Morgan fingerprint density at radius 2 is 0.882 bits per heavy atom. The van der Waals surface area contributed by atoms with Crippen LogP contribution in [0.4, 0.5) is 26.3 Å². The molecule has 0 unspecified atom stereocenters. The highest BCUT2D eigenvalue weighted by atomic mass is 19.2. The highest BCUT2D eigenvalue weighted by molar-refractivity contribution is 5.99. The van der Waals surface area contributed by atoms with E-state index < -0.39 is 58.0 Å². The monoisotopic (exact) mass is 476 g/mol. The first-order chi connectivity index (χ1) is 16.2. The topological polar surface area (TPSA) is 52.6 Å². The summed E-state index contributed by atoms with van der Waals surface area (Å²) in [7, 11) is 0. The second kappa shape index (κ2) is 8.89. The van der Waals surface area contributed by atoms with E-state index in [4.69, 9.17) is 9.47 Å². The number of benzene rings is 4. The number of carbonyl (C=O) groups excluding carboxylic acids is 2. The van der Waals surface area contributed by atoms with Crippen molar-refractivity contribution in [1.82, 2.24) is 0 Å². The Bertz CT molecular complexity index is 1360. The van der Waals surface area contributed by atoms with Crippen LogP contribution in [0.5, 0.6) is 11.5 Å². The minimum Gasteiger partial charge on any atom is -0.422 e. The molecule has 0 aliphatic heterocycles. The number of hydrogen-bond acceptors (Lipinski definition) is 4. The van der Waals surface area contributed by atoms with Gasteiger partial charge in [-0.15, -0.1) is 0 Å². The van der Waals surface area contributed by atoms with Gasteiger partial charge in [0.25, 0.3) is 0 Å². The molecule has 0 aromatic heterocycles. The van der Waals surface area contributed by atoms with Crippen molar-refractivity contribution in [2.45, 2.75) is 0 Å². The van der Waals surface area contributed by atoms with E-state index in [1.807, 2.05) is 0 Å². The standard InChI is InChI=1S/C24H10F6O4/c25-15-9-7-13(19(27)21(15)29)23(31)33-17-5-1-3-11-12(17)4-2-6-18(11)34-24(32)14-8-10-16(26)22(30)20(14)28/h1-10H. The zero-order valence-corrected chi connectivity index (χ0v) is 16.7. The van der Waals surface area contributed by atoms with Crippen molar-refractivity contribution in [3.05, 3.63) is 107 Å². The molecular weight excluding hydrogens is 466 g/mol. The maximum absolute atomic E-state index is 13.9. The van der Waals surface area contributed by atoms with Crippen LogP contribution in [-0.4, -0.2) is 11.9 Å². The maximum Gasteiger partial charge on any atom is 0.346 e. The van der Waals surface area contributed by atoms with Crippen LogP contribution < -0.4 is 9.47 Å². The van der Waals surface area contributed by atoms with Gasteiger partial charge in [-0.1, -0.05) is 24.3 Å². The Hall–Kier alpha value is -4.34. The molecule has 0 saturated carbocycles. The third kappa shape index (κ3) is 4.05. The lowest BCUT2D eigenvalue weighted by Crippen LogP contribution is -2.13. The summed E-state index contributed by atoms with van der Waals surface area (Å²) >= 11 is 0. The van der Waals surface area contributed by atoms with Crippen LogP contribution in [0.1, 0.15) is 20.7 Å². The van der Waals surface area contributed by atoms with Crippen molar-refractivity contribution in [3.63, 3.8) is 0 Å². The number of hydrogen-bond donors (Lipinski definition) is 0. The lowest BCUT2D eigenvalue weighted by molar-refractivity contribution is 0.0719. The number of carbonyl (C=O) groups is 2. The fourth-order valence-corrected chi connectivity index (χ4v) is 3.11. The Labute approximate surface area is 187 Å². The number of halogens is 6. The number of rotatable bonds is 4. The fraction of sp³-hybridized carbons (Fsp3) is 0. The molecular formula is C24H10F6O4. The van der Waals surface area contributed by atoms with Gasteiger partial charge in [0.15, 0.2) is 34.9 Å². The van der Waals surface area contributed by atoms with Gasteiger partial charge in [-0.05, 0) is 36.4 Å². The van der Waals surface area contributed by atoms with Gasteiger partial charge in [0.05, 0.1) is 11.1 Å². The maximum atomic E-state index is 13.9. The van der Waals surface area contributed by atoms with E-state index in [-0.39, 0.29) is 22.3 Å². The lowest BCUT2D eigenvalue weighted by Gasteiger charge is -2.12. The Balaban J connectivity index is 1.67. The molecule has 4 aromatic rings. The molecule has 0 heterocycles. The summed E-state index contributed by atoms with van der Waals surface area (Å²) < 4.78 is 91.3. The molecule has 0 aliphatic rings. The van der Waals surface area contributed by atoms with Crippen LogP contribution in [0, 0.1) is 34.9 Å². The minimum absolute atomic E-state index is 0.150. The number of ether oxygens (including phenoxy) is 2. The van der Waals surface area contributed by atoms with Gasteiger partial charge in [-0.3, -0.25) is 0 Å². The molecule has 0 bridgehead atoms. The van der Waals surface area contributed by atoms with Gasteiger partial charge in [0, 0.05) is 10.8 Å². The average molecular weight is 476 g/mol. The Morgan fingerprint density at radius 1 is 0.500 bits per heavy atom. The predicted molar refractivity (Wildman–Crippen MR) is 106 cm³/mol. The Kier molecular flexibility index (Phi) is 5.97. The quantitative estimate of drug-likeness (QED) is 0.154. The molecule has 0 amide bonds. The van der Waals surface area contributed by atoms with Crippen molar-refractivity contribution in [2.75, 3.05) is 0 Å². The minimum atomic E-state index is -1.84. The molecule has 0 aliphatic carbocycles. The fourth-order valence-electron chi connectivity index (χ4n) is 3.11. The van der Waals surface area contributed by atoms with E-state index >= 15 is 0 Å². The molecule has 172 valence electrons. The SMILES string of the molecule is O=C(Oc1cccc2c(OC(=O)c3ccc(F)c(F)c3F)cccc12)c1ccc(F)c(F)c1F. The van der Waals surface area contributed by atoms with Crippen molar-refractivity contribution in [1.29, 1.82) is 0 Å². The second-order valence-corrected chi connectivity index (χ2v) is 6.83. The van der Waals surface area contributed by atoms with Gasteiger partial charge >= 0.3 is 11.9 Å². The number of esters is 2. The van der Waals surface area contributed by atoms with Gasteiger partial charge in [0.2, 0.25) is 0 Å². The summed E-state index contributed by atoms with van der Waals surface area (Å²) in [5.74, 6) is -13.1. The zero-order chi connectivity index (χ0) is 24.6. The van der Waals surface area contributed by atoms with Gasteiger partial charge < -0.3 is 9.47 Å². The van der Waals surface area contributed by atoms with E-state index in [0.29, 0.717) is 24.3 Å². The van der Waals surface area contributed by atoms with Crippen molar-refractivity contribution in [3.8, 4) is 11.5 Å². The molecule has 0 fully saturated rings. The van der Waals surface area contributed by atoms with Gasteiger partial charge in [-0.25, -0.2) is 35.9 Å². The molecule has 4 aromatic carbocycles. The highest BCUT2D eigenvalue weighted by Gasteiger charge is 2.23. The summed E-state index contributed by atoms with van der Waals surface area (Å²) in [5, 5.41) is 0.352. The zero-order valence-electron chi connectivity index (χ0n) is 16.7. The lowest BCUT2D eigenvalue weighted by atomic mass is 10.1. The molecule has 0 saturated heterocycles. The van der Waals surface area contributed by atoms with Crippen LogP contribution in [0.3, 0.4) is 0 Å². The van der Waals surface area contributed by atoms with Crippen LogP contribution in [-0.2, 0) is 0 Å². The van der Waals surface area contributed by atoms with Gasteiger partial charge in [0.1, 0.15) is 11.5 Å². The van der Waals surface area contributed by atoms with E-state index in [2.05, 4.69) is 0 Å². The molecule has 0 N–H and O–H groups in total. The van der Waals surface area contributed by atoms with E-state index in [1.165, 1.54) is 36.4 Å². The average Bonchev–Trinajstić information content (AvgIpc) is 2.81. The summed E-state index contributed by atoms with van der Waals surface area (Å²) in [6, 6.07) is 10.8. The smallest absolute Gasteiger partial charge is 0.346 e. The summed E-state index contributed by atoms with van der Waals surface area (Å²) in [6.07, 6.45) is 0. The summed E-state index contributed by atoms with van der Waals surface area (Å²) in [4.78, 5) is 24.7. The second-order valence-electron chi connectivity index (χ2n) is 6.83. The van der Waals surface area contributed by atoms with Crippen LogP contribution in [0.25, 0.3) is 10.8 Å². The van der Waals surface area contributed by atoms with Crippen molar-refractivity contribution in [2.24, 2.45) is 0 Å². The first-order valence-corrected chi connectivity index (χ1v) is 9.42. The predicted octanol–water partition coefficient (Wildman–Crippen LogP) is 6.11. The molecule has 4 nitrogen and oxygen atoms in total. The van der Waals surface area contributed by atoms with Crippen LogP contribution >= 0.6 is 0 Å². The summed E-state index contributed by atoms with van der Waals surface area (Å²) in [6.45, 7) is 0.